The van der Waals surface area contributed by atoms with E-state index in [-0.39, 0.29) is 31.2 Å². The highest BCUT2D eigenvalue weighted by molar-refractivity contribution is 5.85. The van der Waals surface area contributed by atoms with Crippen molar-refractivity contribution in [2.45, 2.75) is 19.1 Å². The van der Waals surface area contributed by atoms with Gasteiger partial charge in [0, 0.05) is 13.1 Å². The lowest BCUT2D eigenvalue weighted by atomic mass is 10.3. The fraction of sp³-hybridized carbons (Fsp3) is 1.00. The zero-order valence-corrected chi connectivity index (χ0v) is 6.86. The van der Waals surface area contributed by atoms with E-state index < -0.39 is 0 Å². The Morgan fingerprint density at radius 2 is 2.30 bits per heavy atom. The Morgan fingerprint density at radius 3 is 2.70 bits per heavy atom. The molecular weight excluding hydrogens is 154 g/mol. The minimum absolute atomic E-state index is 0. The highest BCUT2D eigenvalue weighted by Crippen LogP contribution is 2.00. The van der Waals surface area contributed by atoms with Gasteiger partial charge in [-0.15, -0.1) is 12.4 Å². The monoisotopic (exact) mass is 167 g/mol. The Balaban J connectivity index is 0.000000810. The summed E-state index contributed by atoms with van der Waals surface area (Å²) in [5.41, 5.74) is 0. The molecule has 62 valence electrons. The van der Waals surface area contributed by atoms with Crippen molar-refractivity contribution in [2.75, 3.05) is 19.7 Å². The molecule has 0 aromatic rings. The van der Waals surface area contributed by atoms with Gasteiger partial charge in [0.1, 0.15) is 0 Å². The fourth-order valence-corrected chi connectivity index (χ4v) is 0.980. The largest absolute Gasteiger partial charge is 0.394 e. The predicted octanol–water partition coefficient (Wildman–Crippen LogP) is -0.223. The summed E-state index contributed by atoms with van der Waals surface area (Å²) >= 11 is 0. The van der Waals surface area contributed by atoms with E-state index in [1.54, 1.807) is 0 Å². The number of morpholine rings is 1. The molecule has 0 bridgehead atoms. The third kappa shape index (κ3) is 2.84. The number of aliphatic hydroxyl groups excluding tert-OH is 1. The summed E-state index contributed by atoms with van der Waals surface area (Å²) in [6.07, 6.45) is 0.254. The quantitative estimate of drug-likeness (QED) is 0.568. The van der Waals surface area contributed by atoms with Crippen molar-refractivity contribution in [3.05, 3.63) is 0 Å². The molecular formula is C6H14ClNO2. The summed E-state index contributed by atoms with van der Waals surface area (Å²) in [5, 5.41) is 11.8. The van der Waals surface area contributed by atoms with Crippen molar-refractivity contribution in [3.63, 3.8) is 0 Å². The van der Waals surface area contributed by atoms with Crippen LogP contribution in [0.2, 0.25) is 0 Å². The van der Waals surface area contributed by atoms with Crippen LogP contribution in [-0.4, -0.2) is 37.0 Å². The van der Waals surface area contributed by atoms with E-state index >= 15 is 0 Å². The first-order valence-corrected chi connectivity index (χ1v) is 3.30. The lowest BCUT2D eigenvalue weighted by molar-refractivity contribution is -0.0518. The molecule has 0 saturated carbocycles. The van der Waals surface area contributed by atoms with Gasteiger partial charge in [-0.2, -0.15) is 0 Å². The number of hydrogen-bond acceptors (Lipinski definition) is 3. The first-order valence-electron chi connectivity index (χ1n) is 3.30. The minimum Gasteiger partial charge on any atom is -0.394 e. The second kappa shape index (κ2) is 4.91. The molecule has 0 radical (unpaired) electrons. The molecule has 1 aliphatic rings. The van der Waals surface area contributed by atoms with E-state index in [0.29, 0.717) is 0 Å². The summed E-state index contributed by atoms with van der Waals surface area (Å²) < 4.78 is 5.32. The van der Waals surface area contributed by atoms with Gasteiger partial charge in [-0.1, -0.05) is 0 Å². The Kier molecular flexibility index (Phi) is 4.99. The predicted molar refractivity (Wildman–Crippen MR) is 41.5 cm³/mol. The van der Waals surface area contributed by atoms with Crippen LogP contribution in [-0.2, 0) is 4.74 Å². The normalized spacial score (nSPS) is 33.0. The number of aliphatic hydroxyl groups is 1. The molecule has 1 heterocycles. The van der Waals surface area contributed by atoms with E-state index in [2.05, 4.69) is 5.32 Å². The Hall–Kier alpha value is 0.170. The Bertz CT molecular complexity index is 91.8. The summed E-state index contributed by atoms with van der Waals surface area (Å²) in [6, 6.07) is 0. The highest BCUT2D eigenvalue weighted by Gasteiger charge is 2.16. The second-order valence-electron chi connectivity index (χ2n) is 2.41. The molecule has 2 N–H and O–H groups in total. The van der Waals surface area contributed by atoms with Crippen molar-refractivity contribution in [1.29, 1.82) is 0 Å². The third-order valence-electron chi connectivity index (χ3n) is 1.43. The van der Waals surface area contributed by atoms with Crippen LogP contribution in [0.25, 0.3) is 0 Å². The Morgan fingerprint density at radius 1 is 1.60 bits per heavy atom. The molecule has 0 aromatic carbocycles. The van der Waals surface area contributed by atoms with Gasteiger partial charge in [-0.05, 0) is 6.92 Å². The van der Waals surface area contributed by atoms with Crippen LogP contribution >= 0.6 is 12.4 Å². The van der Waals surface area contributed by atoms with E-state index in [9.17, 15) is 0 Å². The molecule has 1 saturated heterocycles. The van der Waals surface area contributed by atoms with Gasteiger partial charge in [0.05, 0.1) is 18.8 Å². The van der Waals surface area contributed by atoms with Crippen molar-refractivity contribution >= 4 is 12.4 Å². The summed E-state index contributed by atoms with van der Waals surface area (Å²) in [4.78, 5) is 0. The average molecular weight is 168 g/mol. The number of hydrogen-bond donors (Lipinski definition) is 2. The molecule has 0 amide bonds. The van der Waals surface area contributed by atoms with Crippen LogP contribution in [0.1, 0.15) is 6.92 Å². The molecule has 2 atom stereocenters. The molecule has 0 aliphatic carbocycles. The van der Waals surface area contributed by atoms with Gasteiger partial charge < -0.3 is 15.2 Å². The maximum absolute atomic E-state index is 8.64. The van der Waals surface area contributed by atoms with Crippen molar-refractivity contribution in [1.82, 2.24) is 5.32 Å². The fourth-order valence-electron chi connectivity index (χ4n) is 0.980. The smallest absolute Gasteiger partial charge is 0.0933 e. The highest BCUT2D eigenvalue weighted by atomic mass is 35.5. The SMILES string of the molecule is C[C@@H]1CNCC(CO)O1.Cl. The zero-order valence-electron chi connectivity index (χ0n) is 6.04. The standard InChI is InChI=1S/C6H13NO2.ClH/c1-5-2-7-3-6(4-8)9-5;/h5-8H,2-4H2,1H3;1H/t5-,6?;/m1./s1. The van der Waals surface area contributed by atoms with Gasteiger partial charge in [0.2, 0.25) is 0 Å². The van der Waals surface area contributed by atoms with Gasteiger partial charge in [0.15, 0.2) is 0 Å². The van der Waals surface area contributed by atoms with Crippen LogP contribution in [0.3, 0.4) is 0 Å². The van der Waals surface area contributed by atoms with Crippen LogP contribution in [0.15, 0.2) is 0 Å². The van der Waals surface area contributed by atoms with Crippen molar-refractivity contribution in [3.8, 4) is 0 Å². The number of halogens is 1. The first-order chi connectivity index (χ1) is 4.33. The van der Waals surface area contributed by atoms with Gasteiger partial charge in [0.25, 0.3) is 0 Å². The van der Waals surface area contributed by atoms with E-state index in [1.165, 1.54) is 0 Å². The maximum Gasteiger partial charge on any atom is 0.0933 e. The van der Waals surface area contributed by atoms with Crippen LogP contribution in [0, 0.1) is 0 Å². The van der Waals surface area contributed by atoms with Crippen molar-refractivity contribution in [2.24, 2.45) is 0 Å². The molecule has 0 spiro atoms. The van der Waals surface area contributed by atoms with Gasteiger partial charge in [-0.3, -0.25) is 0 Å². The second-order valence-corrected chi connectivity index (χ2v) is 2.41. The topological polar surface area (TPSA) is 41.5 Å². The van der Waals surface area contributed by atoms with Gasteiger partial charge >= 0.3 is 0 Å². The molecule has 3 nitrogen and oxygen atoms in total. The lowest BCUT2D eigenvalue weighted by Gasteiger charge is -2.27. The van der Waals surface area contributed by atoms with E-state index in [4.69, 9.17) is 9.84 Å². The van der Waals surface area contributed by atoms with E-state index in [0.717, 1.165) is 13.1 Å². The third-order valence-corrected chi connectivity index (χ3v) is 1.43. The molecule has 1 unspecified atom stereocenters. The van der Waals surface area contributed by atoms with E-state index in [1.807, 2.05) is 6.92 Å². The van der Waals surface area contributed by atoms with Crippen LogP contribution in [0.5, 0.6) is 0 Å². The average Bonchev–Trinajstić information content (AvgIpc) is 1.88. The number of rotatable bonds is 1. The minimum atomic E-state index is 0. The summed E-state index contributed by atoms with van der Waals surface area (Å²) in [7, 11) is 0. The lowest BCUT2D eigenvalue weighted by Crippen LogP contribution is -2.44. The molecule has 0 aromatic heterocycles. The molecule has 1 fully saturated rings. The maximum atomic E-state index is 8.64. The Labute approximate surface area is 67.2 Å². The summed E-state index contributed by atoms with van der Waals surface area (Å²) in [5.74, 6) is 0. The molecule has 4 heteroatoms. The van der Waals surface area contributed by atoms with Crippen LogP contribution < -0.4 is 5.32 Å². The molecule has 1 aliphatic heterocycles. The zero-order chi connectivity index (χ0) is 6.69. The molecule has 1 rings (SSSR count). The van der Waals surface area contributed by atoms with Crippen LogP contribution in [0.4, 0.5) is 0 Å². The number of nitrogens with one attached hydrogen (secondary N) is 1. The molecule has 10 heavy (non-hydrogen) atoms. The van der Waals surface area contributed by atoms with Gasteiger partial charge in [-0.25, -0.2) is 0 Å². The van der Waals surface area contributed by atoms with Crippen molar-refractivity contribution < 1.29 is 9.84 Å². The number of ether oxygens (including phenoxy) is 1. The first kappa shape index (κ1) is 10.2. The summed E-state index contributed by atoms with van der Waals surface area (Å²) in [6.45, 7) is 3.80.